The molecule has 5 nitrogen and oxygen atoms in total. The van der Waals surface area contributed by atoms with E-state index in [0.29, 0.717) is 5.75 Å². The van der Waals surface area contributed by atoms with Crippen molar-refractivity contribution in [2.45, 2.75) is 23.8 Å². The molecule has 0 saturated heterocycles. The maximum Gasteiger partial charge on any atom is 0.341 e. The standard InChI is InChI=1S/C15H14F2N2O3S/c16-10-5-8-12(11(17)14(10)23-4-3-18)19(7-1-2-7)6-9(13(8)20)15(21)22/h5-7H,1-4,18H2,(H,21,22). The maximum atomic E-state index is 14.8. The van der Waals surface area contributed by atoms with Crippen molar-refractivity contribution >= 4 is 28.6 Å². The molecule has 1 aromatic carbocycles. The fourth-order valence-corrected chi connectivity index (χ4v) is 3.25. The summed E-state index contributed by atoms with van der Waals surface area (Å²) in [6, 6.07) is 0.855. The van der Waals surface area contributed by atoms with Crippen LogP contribution in [0.25, 0.3) is 10.9 Å². The van der Waals surface area contributed by atoms with E-state index in [4.69, 9.17) is 10.8 Å². The maximum absolute atomic E-state index is 14.8. The third-order valence-electron chi connectivity index (χ3n) is 3.70. The first-order chi connectivity index (χ1) is 11.0. The lowest BCUT2D eigenvalue weighted by atomic mass is 10.1. The Morgan fingerprint density at radius 2 is 2.13 bits per heavy atom. The number of carboxylic acid groups (broad SMARTS) is 1. The number of benzene rings is 1. The third kappa shape index (κ3) is 2.72. The van der Waals surface area contributed by atoms with Gasteiger partial charge in [-0.15, -0.1) is 11.8 Å². The van der Waals surface area contributed by atoms with Crippen LogP contribution in [0.2, 0.25) is 0 Å². The lowest BCUT2D eigenvalue weighted by Gasteiger charge is -2.14. The van der Waals surface area contributed by atoms with Gasteiger partial charge in [-0.05, 0) is 18.9 Å². The van der Waals surface area contributed by atoms with Gasteiger partial charge in [0.15, 0.2) is 5.82 Å². The second-order valence-corrected chi connectivity index (χ2v) is 6.46. The average molecular weight is 340 g/mol. The molecule has 3 N–H and O–H groups in total. The summed E-state index contributed by atoms with van der Waals surface area (Å²) in [4.78, 5) is 23.3. The van der Waals surface area contributed by atoms with Gasteiger partial charge in [-0.25, -0.2) is 13.6 Å². The van der Waals surface area contributed by atoms with Crippen LogP contribution < -0.4 is 11.2 Å². The Balaban J connectivity index is 2.35. The summed E-state index contributed by atoms with van der Waals surface area (Å²) in [5, 5.41) is 8.90. The van der Waals surface area contributed by atoms with Gasteiger partial charge >= 0.3 is 5.97 Å². The van der Waals surface area contributed by atoms with Gasteiger partial charge in [-0.2, -0.15) is 0 Å². The van der Waals surface area contributed by atoms with Crippen LogP contribution in [-0.2, 0) is 0 Å². The van der Waals surface area contributed by atoms with Crippen molar-refractivity contribution in [1.29, 1.82) is 0 Å². The Morgan fingerprint density at radius 1 is 1.43 bits per heavy atom. The van der Waals surface area contributed by atoms with E-state index in [0.717, 1.165) is 36.9 Å². The van der Waals surface area contributed by atoms with Crippen LogP contribution >= 0.6 is 11.8 Å². The minimum absolute atomic E-state index is 0.0385. The molecule has 0 spiro atoms. The fraction of sp³-hybridized carbons (Fsp3) is 0.333. The molecule has 3 rings (SSSR count). The van der Waals surface area contributed by atoms with Crippen molar-refractivity contribution in [3.63, 3.8) is 0 Å². The van der Waals surface area contributed by atoms with Crippen molar-refractivity contribution in [3.8, 4) is 0 Å². The number of nitrogens with zero attached hydrogens (tertiary/aromatic N) is 1. The van der Waals surface area contributed by atoms with E-state index >= 15 is 0 Å². The molecule has 8 heteroatoms. The van der Waals surface area contributed by atoms with Crippen LogP contribution in [0.5, 0.6) is 0 Å². The van der Waals surface area contributed by atoms with Gasteiger partial charge < -0.3 is 15.4 Å². The third-order valence-corrected chi connectivity index (χ3v) is 4.80. The van der Waals surface area contributed by atoms with Crippen molar-refractivity contribution in [3.05, 3.63) is 39.7 Å². The summed E-state index contributed by atoms with van der Waals surface area (Å²) in [6.07, 6.45) is 2.68. The van der Waals surface area contributed by atoms with E-state index in [2.05, 4.69) is 0 Å². The molecule has 1 fully saturated rings. The molecule has 0 unspecified atom stereocenters. The van der Waals surface area contributed by atoms with E-state index in [1.165, 1.54) is 4.57 Å². The number of halogens is 2. The molecule has 0 amide bonds. The quantitative estimate of drug-likeness (QED) is 0.816. The molecule has 1 aliphatic carbocycles. The SMILES string of the molecule is NCCSc1c(F)cc2c(=O)c(C(=O)O)cn(C3CC3)c2c1F. The minimum atomic E-state index is -1.41. The average Bonchev–Trinajstić information content (AvgIpc) is 3.32. The predicted octanol–water partition coefficient (Wildman–Crippen LogP) is 2.36. The highest BCUT2D eigenvalue weighted by Gasteiger charge is 2.29. The highest BCUT2D eigenvalue weighted by Crippen LogP contribution is 2.39. The summed E-state index contributed by atoms with van der Waals surface area (Å²) in [6.45, 7) is 0.259. The number of rotatable bonds is 5. The number of hydrogen-bond donors (Lipinski definition) is 2. The lowest BCUT2D eigenvalue weighted by molar-refractivity contribution is 0.0695. The minimum Gasteiger partial charge on any atom is -0.477 e. The van der Waals surface area contributed by atoms with Gasteiger partial charge in [0.2, 0.25) is 5.43 Å². The van der Waals surface area contributed by atoms with Crippen LogP contribution in [0, 0.1) is 11.6 Å². The molecule has 1 saturated carbocycles. The zero-order valence-electron chi connectivity index (χ0n) is 12.0. The van der Waals surface area contributed by atoms with Crippen LogP contribution in [0.3, 0.4) is 0 Å². The molecule has 122 valence electrons. The number of carboxylic acids is 1. The topological polar surface area (TPSA) is 85.3 Å². The zero-order valence-corrected chi connectivity index (χ0v) is 12.8. The molecule has 1 aliphatic rings. The van der Waals surface area contributed by atoms with E-state index in [1.54, 1.807) is 0 Å². The summed E-state index contributed by atoms with van der Waals surface area (Å²) >= 11 is 0.939. The summed E-state index contributed by atoms with van der Waals surface area (Å²) in [5.41, 5.74) is 3.97. The van der Waals surface area contributed by atoms with Gasteiger partial charge in [-0.3, -0.25) is 4.79 Å². The fourth-order valence-electron chi connectivity index (χ4n) is 2.51. The summed E-state index contributed by atoms with van der Waals surface area (Å²) < 4.78 is 30.4. The molecular formula is C15H14F2N2O3S. The first-order valence-corrected chi connectivity index (χ1v) is 8.07. The van der Waals surface area contributed by atoms with Gasteiger partial charge in [0.1, 0.15) is 11.4 Å². The van der Waals surface area contributed by atoms with Crippen LogP contribution in [0.15, 0.2) is 22.0 Å². The largest absolute Gasteiger partial charge is 0.477 e. The second kappa shape index (κ2) is 5.93. The monoisotopic (exact) mass is 340 g/mol. The van der Waals surface area contributed by atoms with Crippen LogP contribution in [0.1, 0.15) is 29.2 Å². The van der Waals surface area contributed by atoms with Gasteiger partial charge in [0.05, 0.1) is 15.8 Å². The van der Waals surface area contributed by atoms with Crippen LogP contribution in [0.4, 0.5) is 8.78 Å². The zero-order chi connectivity index (χ0) is 16.7. The molecule has 0 aliphatic heterocycles. The Bertz CT molecular complexity index is 862. The highest BCUT2D eigenvalue weighted by atomic mass is 32.2. The molecule has 0 bridgehead atoms. The number of aromatic carboxylic acids is 1. The number of thioether (sulfide) groups is 1. The first kappa shape index (κ1) is 15.9. The number of pyridine rings is 1. The van der Waals surface area contributed by atoms with Crippen molar-refractivity contribution < 1.29 is 18.7 Å². The van der Waals surface area contributed by atoms with Crippen molar-refractivity contribution in [2.75, 3.05) is 12.3 Å². The number of aromatic nitrogens is 1. The Kier molecular flexibility index (Phi) is 4.11. The molecule has 1 heterocycles. The number of nitrogens with two attached hydrogens (primary N) is 1. The predicted molar refractivity (Wildman–Crippen MR) is 83.1 cm³/mol. The van der Waals surface area contributed by atoms with E-state index in [-0.39, 0.29) is 28.4 Å². The second-order valence-electron chi connectivity index (χ2n) is 5.35. The van der Waals surface area contributed by atoms with Crippen molar-refractivity contribution in [1.82, 2.24) is 4.57 Å². The molecule has 1 aromatic heterocycles. The van der Waals surface area contributed by atoms with E-state index in [9.17, 15) is 18.4 Å². The van der Waals surface area contributed by atoms with Gasteiger partial charge in [0, 0.05) is 24.5 Å². The van der Waals surface area contributed by atoms with Crippen molar-refractivity contribution in [2.24, 2.45) is 5.73 Å². The molecule has 0 atom stereocenters. The van der Waals surface area contributed by atoms with Crippen LogP contribution in [-0.4, -0.2) is 27.9 Å². The van der Waals surface area contributed by atoms with Gasteiger partial charge in [-0.1, -0.05) is 0 Å². The molecule has 2 aromatic rings. The lowest BCUT2D eigenvalue weighted by Crippen LogP contribution is -2.20. The number of carbonyl (C=O) groups is 1. The highest BCUT2D eigenvalue weighted by molar-refractivity contribution is 7.99. The summed E-state index contributed by atoms with van der Waals surface area (Å²) in [5.74, 6) is -2.79. The van der Waals surface area contributed by atoms with Gasteiger partial charge in [0.25, 0.3) is 0 Å². The molecule has 0 radical (unpaired) electrons. The normalized spacial score (nSPS) is 14.4. The smallest absolute Gasteiger partial charge is 0.341 e. The Morgan fingerprint density at radius 3 is 2.70 bits per heavy atom. The summed E-state index contributed by atoms with van der Waals surface area (Å²) in [7, 11) is 0. The number of fused-ring (bicyclic) bond motifs is 1. The first-order valence-electron chi connectivity index (χ1n) is 7.08. The molecule has 23 heavy (non-hydrogen) atoms. The Labute approximate surface area is 134 Å². The van der Waals surface area contributed by atoms with E-state index in [1.807, 2.05) is 0 Å². The Hall–Kier alpha value is -1.93. The number of hydrogen-bond acceptors (Lipinski definition) is 4. The molecular weight excluding hydrogens is 326 g/mol. The van der Waals surface area contributed by atoms with E-state index < -0.39 is 28.6 Å².